The highest BCUT2D eigenvalue weighted by Gasteiger charge is 2.51. The standard InChI is InChI=1S/C66H42N2/c1-5-19-43(20-6-1)48-37-49(44-21-7-2-8-22-44)39-50(38-48)47-35-36-56-55(40-47)64-54(61-42-51(45-23-9-3-10-24-45)41-60(67-61)46-25-11-4-12-26-46)29-18-31-58(64)66(56)57-30-14-16-34-63(57)68-62-33-15-13-27-52(62)53-28-17-32-59(66)65(53)68/h1-42H. The third-order valence-electron chi connectivity index (χ3n) is 14.6. The smallest absolute Gasteiger partial charge is 0.0754 e. The molecule has 0 radical (unpaired) electrons. The molecule has 68 heavy (non-hydrogen) atoms. The van der Waals surface area contributed by atoms with E-state index in [1.807, 2.05) is 0 Å². The Morgan fingerprint density at radius 3 is 1.50 bits per heavy atom. The van der Waals surface area contributed by atoms with Crippen molar-refractivity contribution in [1.29, 1.82) is 0 Å². The van der Waals surface area contributed by atoms with Crippen molar-refractivity contribution in [2.45, 2.75) is 5.41 Å². The summed E-state index contributed by atoms with van der Waals surface area (Å²) in [5, 5.41) is 2.53. The highest BCUT2D eigenvalue weighted by molar-refractivity contribution is 6.13. The molecule has 0 saturated heterocycles. The Hall–Kier alpha value is -8.85. The molecular formula is C66H42N2. The zero-order valence-electron chi connectivity index (χ0n) is 37.1. The maximum absolute atomic E-state index is 5.60. The van der Waals surface area contributed by atoms with Gasteiger partial charge in [-0.15, -0.1) is 0 Å². The molecule has 2 aromatic heterocycles. The summed E-state index contributed by atoms with van der Waals surface area (Å²) in [6, 6.07) is 93.8. The van der Waals surface area contributed by atoms with Gasteiger partial charge in [0.05, 0.1) is 33.5 Å². The van der Waals surface area contributed by atoms with Crippen LogP contribution in [0.15, 0.2) is 255 Å². The van der Waals surface area contributed by atoms with E-state index in [-0.39, 0.29) is 0 Å². The van der Waals surface area contributed by atoms with Crippen molar-refractivity contribution in [1.82, 2.24) is 9.55 Å². The van der Waals surface area contributed by atoms with Gasteiger partial charge in [0, 0.05) is 21.9 Å². The van der Waals surface area contributed by atoms with Crippen molar-refractivity contribution in [3.8, 4) is 83.8 Å². The molecule has 0 N–H and O–H groups in total. The minimum absolute atomic E-state index is 0.625. The van der Waals surface area contributed by atoms with Crippen LogP contribution in [0.25, 0.3) is 106 Å². The Balaban J connectivity index is 1.09. The number of para-hydroxylation sites is 3. The van der Waals surface area contributed by atoms with Crippen molar-refractivity contribution in [3.05, 3.63) is 277 Å². The average Bonchev–Trinajstić information content (AvgIpc) is 3.92. The number of benzene rings is 10. The molecule has 2 heteroatoms. The average molecular weight is 863 g/mol. The van der Waals surface area contributed by atoms with Crippen molar-refractivity contribution in [2.24, 2.45) is 0 Å². The fourth-order valence-corrected chi connectivity index (χ4v) is 11.7. The number of aromatic nitrogens is 2. The monoisotopic (exact) mass is 862 g/mol. The van der Waals surface area contributed by atoms with Crippen LogP contribution in [0.5, 0.6) is 0 Å². The topological polar surface area (TPSA) is 17.8 Å². The first kappa shape index (κ1) is 38.4. The second-order valence-corrected chi connectivity index (χ2v) is 18.2. The molecule has 316 valence electrons. The summed E-state index contributed by atoms with van der Waals surface area (Å²) in [5.74, 6) is 0. The number of hydrogen-bond donors (Lipinski definition) is 0. The van der Waals surface area contributed by atoms with E-state index < -0.39 is 5.41 Å². The Labute approximate surface area is 395 Å². The summed E-state index contributed by atoms with van der Waals surface area (Å²) in [4.78, 5) is 5.60. The number of pyridine rings is 1. The summed E-state index contributed by atoms with van der Waals surface area (Å²) in [7, 11) is 0. The fraction of sp³-hybridized carbons (Fsp3) is 0.0152. The van der Waals surface area contributed by atoms with Crippen LogP contribution in [0.3, 0.4) is 0 Å². The summed E-state index contributed by atoms with van der Waals surface area (Å²) >= 11 is 0. The number of fused-ring (bicyclic) bond motifs is 12. The molecule has 0 bridgehead atoms. The van der Waals surface area contributed by atoms with Crippen LogP contribution in [0, 0.1) is 0 Å². The van der Waals surface area contributed by atoms with E-state index in [1.165, 1.54) is 94.3 Å². The predicted octanol–water partition coefficient (Wildman–Crippen LogP) is 16.9. The van der Waals surface area contributed by atoms with Gasteiger partial charge in [-0.25, -0.2) is 4.98 Å². The predicted molar refractivity (Wildman–Crippen MR) is 282 cm³/mol. The van der Waals surface area contributed by atoms with Crippen molar-refractivity contribution >= 4 is 21.8 Å². The maximum Gasteiger partial charge on any atom is 0.0754 e. The minimum atomic E-state index is -0.625. The molecule has 10 aromatic carbocycles. The van der Waals surface area contributed by atoms with Crippen molar-refractivity contribution in [3.63, 3.8) is 0 Å². The Morgan fingerprint density at radius 1 is 0.294 bits per heavy atom. The SMILES string of the molecule is c1ccc(-c2cc(-c3ccccc3)cc(-c3ccc4c(c3)-c3c(-c5cc(-c6ccccc6)cc(-c6ccccc6)n5)cccc3C43c4ccccc4-n4c5ccccc5c5cccc3c54)c2)cc1. The van der Waals surface area contributed by atoms with Gasteiger partial charge in [-0.1, -0.05) is 206 Å². The molecule has 1 unspecified atom stereocenters. The van der Waals surface area contributed by atoms with Gasteiger partial charge in [0.1, 0.15) is 0 Å². The molecule has 1 aliphatic carbocycles. The summed E-state index contributed by atoms with van der Waals surface area (Å²) in [6.45, 7) is 0. The third kappa shape index (κ3) is 5.68. The number of hydrogen-bond acceptors (Lipinski definition) is 1. The highest BCUT2D eigenvalue weighted by atomic mass is 15.0. The second-order valence-electron chi connectivity index (χ2n) is 18.2. The van der Waals surface area contributed by atoms with Gasteiger partial charge in [-0.05, 0) is 126 Å². The minimum Gasteiger partial charge on any atom is -0.309 e. The second kappa shape index (κ2) is 15.1. The largest absolute Gasteiger partial charge is 0.309 e. The first-order chi connectivity index (χ1) is 33.7. The molecule has 2 nitrogen and oxygen atoms in total. The lowest BCUT2D eigenvalue weighted by Gasteiger charge is -2.39. The summed E-state index contributed by atoms with van der Waals surface area (Å²) < 4.78 is 2.52. The third-order valence-corrected chi connectivity index (χ3v) is 14.6. The summed E-state index contributed by atoms with van der Waals surface area (Å²) in [5.41, 5.74) is 24.2. The van der Waals surface area contributed by atoms with Gasteiger partial charge >= 0.3 is 0 Å². The van der Waals surface area contributed by atoms with E-state index in [9.17, 15) is 0 Å². The van der Waals surface area contributed by atoms with Crippen LogP contribution in [0.2, 0.25) is 0 Å². The number of nitrogens with zero attached hydrogens (tertiary/aromatic N) is 2. The molecule has 1 spiro atoms. The van der Waals surface area contributed by atoms with Gasteiger partial charge in [0.2, 0.25) is 0 Å². The number of rotatable bonds is 6. The zero-order valence-corrected chi connectivity index (χ0v) is 37.1. The first-order valence-electron chi connectivity index (χ1n) is 23.5. The molecule has 0 saturated carbocycles. The van der Waals surface area contributed by atoms with E-state index in [0.717, 1.165) is 33.6 Å². The normalized spacial score (nSPS) is 14.2. The maximum atomic E-state index is 5.60. The lowest BCUT2D eigenvalue weighted by Crippen LogP contribution is -2.33. The molecule has 3 heterocycles. The van der Waals surface area contributed by atoms with Crippen LogP contribution in [0.4, 0.5) is 0 Å². The van der Waals surface area contributed by atoms with E-state index in [0.29, 0.717) is 0 Å². The molecule has 0 fully saturated rings. The van der Waals surface area contributed by atoms with Crippen molar-refractivity contribution < 1.29 is 0 Å². The van der Waals surface area contributed by atoms with Gasteiger partial charge in [-0.3, -0.25) is 0 Å². The van der Waals surface area contributed by atoms with Crippen LogP contribution >= 0.6 is 0 Å². The fourth-order valence-electron chi connectivity index (χ4n) is 11.7. The van der Waals surface area contributed by atoms with Crippen LogP contribution < -0.4 is 0 Å². The molecule has 0 amide bonds. The molecule has 2 aliphatic rings. The van der Waals surface area contributed by atoms with Crippen LogP contribution in [0.1, 0.15) is 22.3 Å². The Morgan fingerprint density at radius 2 is 0.809 bits per heavy atom. The van der Waals surface area contributed by atoms with Gasteiger partial charge in [0.25, 0.3) is 0 Å². The molecule has 1 atom stereocenters. The molecule has 12 aromatic rings. The molecule has 1 aliphatic heterocycles. The lowest BCUT2D eigenvalue weighted by atomic mass is 9.65. The zero-order chi connectivity index (χ0) is 44.8. The Bertz CT molecular complexity index is 3830. The quantitative estimate of drug-likeness (QED) is 0.163. The lowest BCUT2D eigenvalue weighted by molar-refractivity contribution is 0.748. The highest BCUT2D eigenvalue weighted by Crippen LogP contribution is 2.63. The van der Waals surface area contributed by atoms with E-state index in [4.69, 9.17) is 4.98 Å². The molecule has 14 rings (SSSR count). The summed E-state index contributed by atoms with van der Waals surface area (Å²) in [6.07, 6.45) is 0. The van der Waals surface area contributed by atoms with Crippen LogP contribution in [-0.2, 0) is 5.41 Å². The van der Waals surface area contributed by atoms with E-state index in [1.54, 1.807) is 0 Å². The van der Waals surface area contributed by atoms with Crippen molar-refractivity contribution in [2.75, 3.05) is 0 Å². The van der Waals surface area contributed by atoms with Gasteiger partial charge < -0.3 is 4.57 Å². The van der Waals surface area contributed by atoms with Crippen LogP contribution in [-0.4, -0.2) is 9.55 Å². The van der Waals surface area contributed by atoms with E-state index >= 15 is 0 Å². The van der Waals surface area contributed by atoms with E-state index in [2.05, 4.69) is 259 Å². The first-order valence-corrected chi connectivity index (χ1v) is 23.5. The van der Waals surface area contributed by atoms with Gasteiger partial charge in [-0.2, -0.15) is 0 Å². The van der Waals surface area contributed by atoms with Gasteiger partial charge in [0.15, 0.2) is 0 Å². The Kier molecular flexibility index (Phi) is 8.53. The molecular weight excluding hydrogens is 821 g/mol.